The summed E-state index contributed by atoms with van der Waals surface area (Å²) >= 11 is 1.74. The molecule has 0 bridgehead atoms. The molecule has 0 aliphatic carbocycles. The zero-order valence-corrected chi connectivity index (χ0v) is 12.7. The van der Waals surface area contributed by atoms with E-state index in [1.165, 1.54) is 27.8 Å². The maximum absolute atomic E-state index is 4.71. The number of nitrogens with one attached hydrogen (secondary N) is 1. The van der Waals surface area contributed by atoms with Gasteiger partial charge in [-0.3, -0.25) is 0 Å². The van der Waals surface area contributed by atoms with Gasteiger partial charge in [0, 0.05) is 12.6 Å². The van der Waals surface area contributed by atoms with Gasteiger partial charge in [-0.15, -0.1) is 0 Å². The first-order chi connectivity index (χ1) is 8.45. The third-order valence-electron chi connectivity index (χ3n) is 3.60. The normalized spacial score (nSPS) is 10.8. The van der Waals surface area contributed by atoms with Crippen molar-refractivity contribution in [1.82, 2.24) is 4.98 Å². The van der Waals surface area contributed by atoms with Crippen LogP contribution in [0.4, 0.5) is 5.00 Å². The van der Waals surface area contributed by atoms with Crippen molar-refractivity contribution in [3.8, 4) is 10.6 Å². The Kier molecular flexibility index (Phi) is 3.44. The van der Waals surface area contributed by atoms with E-state index in [4.69, 9.17) is 4.98 Å². The number of aryl methyl sites for hydroxylation is 3. The van der Waals surface area contributed by atoms with Crippen molar-refractivity contribution < 1.29 is 0 Å². The molecule has 0 fully saturated rings. The van der Waals surface area contributed by atoms with Crippen molar-refractivity contribution >= 4 is 16.3 Å². The summed E-state index contributed by atoms with van der Waals surface area (Å²) in [5.41, 5.74) is 7.75. The van der Waals surface area contributed by atoms with Gasteiger partial charge in [-0.2, -0.15) is 0 Å². The molecule has 1 aromatic carbocycles. The van der Waals surface area contributed by atoms with Gasteiger partial charge in [0.2, 0.25) is 0 Å². The van der Waals surface area contributed by atoms with Crippen LogP contribution in [-0.4, -0.2) is 12.0 Å². The Morgan fingerprint density at radius 2 is 1.56 bits per heavy atom. The second-order valence-corrected chi connectivity index (χ2v) is 5.82. The van der Waals surface area contributed by atoms with Gasteiger partial charge < -0.3 is 5.32 Å². The molecule has 0 saturated carbocycles. The van der Waals surface area contributed by atoms with E-state index in [1.54, 1.807) is 11.3 Å². The number of benzene rings is 1. The van der Waals surface area contributed by atoms with E-state index in [0.29, 0.717) is 0 Å². The lowest BCUT2D eigenvalue weighted by atomic mass is 9.95. The van der Waals surface area contributed by atoms with Crippen LogP contribution in [0.5, 0.6) is 0 Å². The fourth-order valence-electron chi connectivity index (χ4n) is 2.27. The van der Waals surface area contributed by atoms with E-state index in [1.807, 2.05) is 7.05 Å². The average molecular weight is 260 g/mol. The summed E-state index contributed by atoms with van der Waals surface area (Å²) in [5, 5.41) is 5.49. The highest BCUT2D eigenvalue weighted by Crippen LogP contribution is 2.37. The zero-order chi connectivity index (χ0) is 13.4. The molecule has 0 saturated heterocycles. The number of thiazole rings is 1. The van der Waals surface area contributed by atoms with E-state index < -0.39 is 0 Å². The highest BCUT2D eigenvalue weighted by Gasteiger charge is 2.15. The van der Waals surface area contributed by atoms with E-state index >= 15 is 0 Å². The number of hydrogen-bond acceptors (Lipinski definition) is 3. The van der Waals surface area contributed by atoms with Crippen molar-refractivity contribution in [2.24, 2.45) is 0 Å². The maximum Gasteiger partial charge on any atom is 0.126 e. The summed E-state index contributed by atoms with van der Waals surface area (Å²) in [7, 11) is 1.95. The zero-order valence-electron chi connectivity index (χ0n) is 11.9. The molecule has 1 N–H and O–H groups in total. The second-order valence-electron chi connectivity index (χ2n) is 4.82. The third-order valence-corrected chi connectivity index (χ3v) is 4.80. The first-order valence-corrected chi connectivity index (χ1v) is 7.00. The van der Waals surface area contributed by atoms with E-state index in [9.17, 15) is 0 Å². The minimum Gasteiger partial charge on any atom is -0.378 e. The summed E-state index contributed by atoms with van der Waals surface area (Å²) < 4.78 is 0. The van der Waals surface area contributed by atoms with Gasteiger partial charge in [0.05, 0.1) is 5.69 Å². The van der Waals surface area contributed by atoms with Crippen molar-refractivity contribution in [2.75, 3.05) is 12.4 Å². The van der Waals surface area contributed by atoms with Crippen LogP contribution in [0.1, 0.15) is 27.9 Å². The molecule has 0 spiro atoms. The largest absolute Gasteiger partial charge is 0.378 e. The van der Waals surface area contributed by atoms with Crippen molar-refractivity contribution in [3.05, 3.63) is 34.0 Å². The molecular weight excluding hydrogens is 240 g/mol. The number of hydrogen-bond donors (Lipinski definition) is 1. The first-order valence-electron chi connectivity index (χ1n) is 6.18. The Bertz CT molecular complexity index is 571. The number of anilines is 1. The van der Waals surface area contributed by atoms with Crippen LogP contribution >= 0.6 is 11.3 Å². The lowest BCUT2D eigenvalue weighted by Gasteiger charge is -2.13. The molecule has 0 aliphatic heterocycles. The van der Waals surface area contributed by atoms with E-state index in [-0.39, 0.29) is 0 Å². The van der Waals surface area contributed by atoms with Crippen LogP contribution in [0.2, 0.25) is 0 Å². The molecule has 96 valence electrons. The molecular formula is C15H20N2S. The molecule has 1 aromatic heterocycles. The van der Waals surface area contributed by atoms with Gasteiger partial charge in [0.15, 0.2) is 0 Å². The predicted octanol–water partition coefficient (Wildman–Crippen LogP) is 4.39. The van der Waals surface area contributed by atoms with Crippen LogP contribution in [0, 0.1) is 34.6 Å². The SMILES string of the molecule is CNc1sc(-c2c(C)c(C)cc(C)c2C)nc1C. The molecule has 3 heteroatoms. The quantitative estimate of drug-likeness (QED) is 0.866. The molecule has 0 atom stereocenters. The van der Waals surface area contributed by atoms with Crippen LogP contribution in [-0.2, 0) is 0 Å². The second kappa shape index (κ2) is 4.73. The molecule has 0 aliphatic rings. The molecule has 2 aromatic rings. The molecule has 0 amide bonds. The number of aromatic nitrogens is 1. The van der Waals surface area contributed by atoms with Gasteiger partial charge in [-0.05, 0) is 56.9 Å². The lowest BCUT2D eigenvalue weighted by molar-refractivity contribution is 1.21. The molecule has 18 heavy (non-hydrogen) atoms. The third kappa shape index (κ3) is 2.03. The summed E-state index contributed by atoms with van der Waals surface area (Å²) in [6.07, 6.45) is 0. The number of rotatable bonds is 2. The highest BCUT2D eigenvalue weighted by atomic mass is 32.1. The van der Waals surface area contributed by atoms with Crippen LogP contribution in [0.25, 0.3) is 10.6 Å². The summed E-state index contributed by atoms with van der Waals surface area (Å²) in [5.74, 6) is 0. The standard InChI is InChI=1S/C15H20N2S/c1-8-7-9(2)11(4)13(10(8)3)15-17-12(5)14(16-6)18-15/h7,16H,1-6H3. The minimum atomic E-state index is 1.08. The molecule has 2 nitrogen and oxygen atoms in total. The van der Waals surface area contributed by atoms with Crippen molar-refractivity contribution in [3.63, 3.8) is 0 Å². The minimum absolute atomic E-state index is 1.08. The molecule has 0 radical (unpaired) electrons. The van der Waals surface area contributed by atoms with Crippen LogP contribution in [0.3, 0.4) is 0 Å². The summed E-state index contributed by atoms with van der Waals surface area (Å²) in [6, 6.07) is 2.26. The maximum atomic E-state index is 4.71. The average Bonchev–Trinajstić information content (AvgIpc) is 2.68. The fraction of sp³-hybridized carbons (Fsp3) is 0.400. The molecule has 2 rings (SSSR count). The predicted molar refractivity (Wildman–Crippen MR) is 80.8 cm³/mol. The molecule has 0 unspecified atom stereocenters. The molecule has 1 heterocycles. The fourth-order valence-corrected chi connectivity index (χ4v) is 3.35. The smallest absolute Gasteiger partial charge is 0.126 e. The number of nitrogens with zero attached hydrogens (tertiary/aromatic N) is 1. The Balaban J connectivity index is 2.70. The van der Waals surface area contributed by atoms with Crippen molar-refractivity contribution in [2.45, 2.75) is 34.6 Å². The van der Waals surface area contributed by atoms with Gasteiger partial charge in [0.1, 0.15) is 10.0 Å². The highest BCUT2D eigenvalue weighted by molar-refractivity contribution is 7.19. The topological polar surface area (TPSA) is 24.9 Å². The Hall–Kier alpha value is -1.35. The van der Waals surface area contributed by atoms with Gasteiger partial charge in [-0.25, -0.2) is 4.98 Å². The Morgan fingerprint density at radius 3 is 2.00 bits per heavy atom. The summed E-state index contributed by atoms with van der Waals surface area (Å²) in [6.45, 7) is 10.8. The van der Waals surface area contributed by atoms with Crippen LogP contribution < -0.4 is 5.32 Å². The lowest BCUT2D eigenvalue weighted by Crippen LogP contribution is -1.94. The van der Waals surface area contributed by atoms with Crippen LogP contribution in [0.15, 0.2) is 6.07 Å². The van der Waals surface area contributed by atoms with E-state index in [0.717, 1.165) is 15.7 Å². The van der Waals surface area contributed by atoms with Gasteiger partial charge >= 0.3 is 0 Å². The Labute approximate surface area is 113 Å². The first kappa shape index (κ1) is 13.1. The summed E-state index contributed by atoms with van der Waals surface area (Å²) in [4.78, 5) is 4.71. The monoisotopic (exact) mass is 260 g/mol. The Morgan fingerprint density at radius 1 is 1.00 bits per heavy atom. The van der Waals surface area contributed by atoms with Crippen molar-refractivity contribution in [1.29, 1.82) is 0 Å². The van der Waals surface area contributed by atoms with Gasteiger partial charge in [0.25, 0.3) is 0 Å². The van der Waals surface area contributed by atoms with E-state index in [2.05, 4.69) is 46.0 Å². The van der Waals surface area contributed by atoms with Gasteiger partial charge in [-0.1, -0.05) is 17.4 Å².